The topological polar surface area (TPSA) is 26.0 Å². The zero-order chi connectivity index (χ0) is 13.3. The molecule has 1 nitrogen and oxygen atoms in total. The van der Waals surface area contributed by atoms with E-state index in [4.69, 9.17) is 5.73 Å². The maximum absolute atomic E-state index is 6.36. The van der Waals surface area contributed by atoms with Gasteiger partial charge in [0, 0.05) is 6.04 Å². The maximum atomic E-state index is 6.36. The van der Waals surface area contributed by atoms with Crippen LogP contribution in [0.4, 0.5) is 0 Å². The molecule has 0 amide bonds. The zero-order valence-electron chi connectivity index (χ0n) is 12.2. The fraction of sp³-hybridized carbons (Fsp3) is 0.647. The summed E-state index contributed by atoms with van der Waals surface area (Å²) < 4.78 is 0. The lowest BCUT2D eigenvalue weighted by Crippen LogP contribution is -2.35. The molecule has 2 N–H and O–H groups in total. The molecule has 1 saturated carbocycles. The van der Waals surface area contributed by atoms with E-state index in [0.29, 0.717) is 12.0 Å². The van der Waals surface area contributed by atoms with Crippen molar-refractivity contribution in [3.05, 3.63) is 34.9 Å². The summed E-state index contributed by atoms with van der Waals surface area (Å²) in [6.45, 7) is 9.07. The van der Waals surface area contributed by atoms with Crippen molar-refractivity contribution in [3.8, 4) is 0 Å². The summed E-state index contributed by atoms with van der Waals surface area (Å²) in [5, 5.41) is 0. The van der Waals surface area contributed by atoms with Crippen molar-refractivity contribution in [2.75, 3.05) is 0 Å². The van der Waals surface area contributed by atoms with Gasteiger partial charge in [0.05, 0.1) is 0 Å². The summed E-state index contributed by atoms with van der Waals surface area (Å²) in [6.07, 6.45) is 3.75. The monoisotopic (exact) mass is 245 g/mol. The second-order valence-electron chi connectivity index (χ2n) is 6.43. The van der Waals surface area contributed by atoms with Crippen LogP contribution in [0.5, 0.6) is 0 Å². The Morgan fingerprint density at radius 3 is 2.44 bits per heavy atom. The van der Waals surface area contributed by atoms with Gasteiger partial charge in [-0.3, -0.25) is 0 Å². The van der Waals surface area contributed by atoms with Crippen molar-refractivity contribution in [2.24, 2.45) is 17.6 Å². The number of rotatable bonds is 2. The minimum atomic E-state index is 0.349. The van der Waals surface area contributed by atoms with E-state index in [-0.39, 0.29) is 0 Å². The first-order chi connectivity index (χ1) is 8.49. The molecular formula is C17H27N. The van der Waals surface area contributed by atoms with Crippen LogP contribution in [0.25, 0.3) is 0 Å². The first-order valence-corrected chi connectivity index (χ1v) is 7.31. The van der Waals surface area contributed by atoms with Crippen LogP contribution in [0.15, 0.2) is 18.2 Å². The third-order valence-electron chi connectivity index (χ3n) is 4.85. The summed E-state index contributed by atoms with van der Waals surface area (Å²) in [5.41, 5.74) is 10.6. The third kappa shape index (κ3) is 2.77. The lowest BCUT2D eigenvalue weighted by Gasteiger charge is -2.36. The van der Waals surface area contributed by atoms with Crippen LogP contribution in [-0.2, 0) is 0 Å². The number of nitrogens with two attached hydrogens (primary N) is 1. The molecule has 0 spiro atoms. The Morgan fingerprint density at radius 2 is 1.83 bits per heavy atom. The molecule has 1 heteroatoms. The van der Waals surface area contributed by atoms with Crippen molar-refractivity contribution in [2.45, 2.75) is 58.9 Å². The molecule has 0 radical (unpaired) electrons. The molecule has 0 aliphatic heterocycles. The van der Waals surface area contributed by atoms with Gasteiger partial charge in [-0.15, -0.1) is 0 Å². The van der Waals surface area contributed by atoms with E-state index in [2.05, 4.69) is 45.9 Å². The normalized spacial score (nSPS) is 28.7. The van der Waals surface area contributed by atoms with Crippen LogP contribution in [0.2, 0.25) is 0 Å². The molecule has 1 aliphatic carbocycles. The molecule has 1 aromatic rings. The van der Waals surface area contributed by atoms with E-state index in [9.17, 15) is 0 Å². The fourth-order valence-corrected chi connectivity index (χ4v) is 3.21. The Labute approximate surface area is 112 Å². The Bertz CT molecular complexity index is 408. The van der Waals surface area contributed by atoms with E-state index in [1.54, 1.807) is 0 Å². The molecule has 0 bridgehead atoms. The number of aryl methyl sites for hydroxylation is 2. The standard InChI is InChI=1S/C17H27N/c1-11(2)14-7-8-17(18)16(10-14)15-6-5-12(3)13(4)9-15/h5-6,9,11,14,16-17H,7-8,10,18H2,1-4H3. The van der Waals surface area contributed by atoms with Crippen molar-refractivity contribution in [3.63, 3.8) is 0 Å². The Balaban J connectivity index is 2.21. The minimum absolute atomic E-state index is 0.349. The quantitative estimate of drug-likeness (QED) is 0.831. The van der Waals surface area contributed by atoms with Crippen LogP contribution in [0.3, 0.4) is 0 Å². The first-order valence-electron chi connectivity index (χ1n) is 7.31. The Morgan fingerprint density at radius 1 is 1.11 bits per heavy atom. The van der Waals surface area contributed by atoms with E-state index in [1.807, 2.05) is 0 Å². The molecule has 1 fully saturated rings. The second-order valence-corrected chi connectivity index (χ2v) is 6.43. The van der Waals surface area contributed by atoms with E-state index >= 15 is 0 Å². The highest BCUT2D eigenvalue weighted by atomic mass is 14.7. The van der Waals surface area contributed by atoms with Crippen molar-refractivity contribution in [1.29, 1.82) is 0 Å². The highest BCUT2D eigenvalue weighted by Crippen LogP contribution is 2.39. The third-order valence-corrected chi connectivity index (χ3v) is 4.85. The number of benzene rings is 1. The largest absolute Gasteiger partial charge is 0.327 e. The van der Waals surface area contributed by atoms with Gasteiger partial charge < -0.3 is 5.73 Å². The van der Waals surface area contributed by atoms with Crippen LogP contribution in [-0.4, -0.2) is 6.04 Å². The fourth-order valence-electron chi connectivity index (χ4n) is 3.21. The maximum Gasteiger partial charge on any atom is 0.0108 e. The smallest absolute Gasteiger partial charge is 0.0108 e. The lowest BCUT2D eigenvalue weighted by molar-refractivity contribution is 0.232. The summed E-state index contributed by atoms with van der Waals surface area (Å²) in [7, 11) is 0. The van der Waals surface area contributed by atoms with Gasteiger partial charge in [0.2, 0.25) is 0 Å². The van der Waals surface area contributed by atoms with Crippen molar-refractivity contribution < 1.29 is 0 Å². The second kappa shape index (κ2) is 5.44. The molecule has 100 valence electrons. The average molecular weight is 245 g/mol. The highest BCUT2D eigenvalue weighted by molar-refractivity contribution is 5.33. The number of hydrogen-bond acceptors (Lipinski definition) is 1. The first kappa shape index (κ1) is 13.6. The average Bonchev–Trinajstić information content (AvgIpc) is 2.33. The molecule has 0 aromatic heterocycles. The van der Waals surface area contributed by atoms with E-state index < -0.39 is 0 Å². The predicted octanol–water partition coefficient (Wildman–Crippen LogP) is 4.17. The van der Waals surface area contributed by atoms with Crippen LogP contribution < -0.4 is 5.73 Å². The van der Waals surface area contributed by atoms with Gasteiger partial charge in [-0.2, -0.15) is 0 Å². The van der Waals surface area contributed by atoms with Crippen molar-refractivity contribution >= 4 is 0 Å². The summed E-state index contributed by atoms with van der Waals surface area (Å²) in [4.78, 5) is 0. The summed E-state index contributed by atoms with van der Waals surface area (Å²) in [5.74, 6) is 2.19. The number of hydrogen-bond donors (Lipinski definition) is 1. The molecule has 18 heavy (non-hydrogen) atoms. The van der Waals surface area contributed by atoms with Gasteiger partial charge in [0.1, 0.15) is 0 Å². The van der Waals surface area contributed by atoms with Gasteiger partial charge >= 0.3 is 0 Å². The molecule has 3 atom stereocenters. The van der Waals surface area contributed by atoms with E-state index in [0.717, 1.165) is 11.8 Å². The van der Waals surface area contributed by atoms with Gasteiger partial charge in [-0.05, 0) is 67.6 Å². The molecule has 0 heterocycles. The molecule has 3 unspecified atom stereocenters. The van der Waals surface area contributed by atoms with Crippen LogP contribution in [0.1, 0.15) is 55.7 Å². The van der Waals surface area contributed by atoms with Crippen LogP contribution in [0, 0.1) is 25.7 Å². The Kier molecular flexibility index (Phi) is 4.11. The van der Waals surface area contributed by atoms with Gasteiger partial charge in [0.25, 0.3) is 0 Å². The van der Waals surface area contributed by atoms with Gasteiger partial charge in [0.15, 0.2) is 0 Å². The SMILES string of the molecule is Cc1ccc(C2CC(C(C)C)CCC2N)cc1C. The van der Waals surface area contributed by atoms with E-state index in [1.165, 1.54) is 36.0 Å². The minimum Gasteiger partial charge on any atom is -0.327 e. The molecule has 0 saturated heterocycles. The van der Waals surface area contributed by atoms with Gasteiger partial charge in [-0.25, -0.2) is 0 Å². The highest BCUT2D eigenvalue weighted by Gasteiger charge is 2.30. The molecular weight excluding hydrogens is 218 g/mol. The summed E-state index contributed by atoms with van der Waals surface area (Å²) in [6, 6.07) is 7.23. The Hall–Kier alpha value is -0.820. The van der Waals surface area contributed by atoms with Crippen molar-refractivity contribution in [1.82, 2.24) is 0 Å². The predicted molar refractivity (Wildman–Crippen MR) is 78.8 cm³/mol. The van der Waals surface area contributed by atoms with Crippen LogP contribution >= 0.6 is 0 Å². The van der Waals surface area contributed by atoms with Gasteiger partial charge in [-0.1, -0.05) is 32.0 Å². The lowest BCUT2D eigenvalue weighted by atomic mass is 9.71. The molecule has 1 aromatic carbocycles. The molecule has 2 rings (SSSR count). The summed E-state index contributed by atoms with van der Waals surface area (Å²) >= 11 is 0. The molecule has 1 aliphatic rings. The zero-order valence-corrected chi connectivity index (χ0v) is 12.2.